The second-order valence-electron chi connectivity index (χ2n) is 5.91. The Bertz CT molecular complexity index is 314. The number of rotatable bonds is 1. The summed E-state index contributed by atoms with van der Waals surface area (Å²) in [7, 11) is 2.18. The van der Waals surface area contributed by atoms with Crippen LogP contribution in [0.4, 0.5) is 0 Å². The third-order valence-corrected chi connectivity index (χ3v) is 5.08. The minimum Gasteiger partial charge on any atom is -0.304 e. The molecule has 2 aliphatic carbocycles. The first-order valence-corrected chi connectivity index (χ1v) is 6.59. The molecule has 16 heavy (non-hydrogen) atoms. The van der Waals surface area contributed by atoms with Crippen LogP contribution in [0.1, 0.15) is 25.7 Å². The maximum absolute atomic E-state index is 9.65. The van der Waals surface area contributed by atoms with E-state index in [1.807, 2.05) is 0 Å². The molecule has 3 fully saturated rings. The average Bonchev–Trinajstić information content (AvgIpc) is 2.90. The molecule has 88 valence electrons. The lowest BCUT2D eigenvalue weighted by Gasteiger charge is -2.45. The lowest BCUT2D eigenvalue weighted by Crippen LogP contribution is -2.58. The smallest absolute Gasteiger partial charge is 0.112 e. The fourth-order valence-corrected chi connectivity index (χ4v) is 4.10. The monoisotopic (exact) mass is 219 g/mol. The van der Waals surface area contributed by atoms with E-state index in [1.54, 1.807) is 0 Å². The number of hydrogen-bond donors (Lipinski definition) is 0. The molecule has 0 radical (unpaired) electrons. The van der Waals surface area contributed by atoms with E-state index < -0.39 is 0 Å². The molecule has 1 aliphatic heterocycles. The fourth-order valence-electron chi connectivity index (χ4n) is 4.10. The van der Waals surface area contributed by atoms with E-state index in [2.05, 4.69) is 22.9 Å². The van der Waals surface area contributed by atoms with Crippen molar-refractivity contribution >= 4 is 0 Å². The molecule has 2 bridgehead atoms. The minimum absolute atomic E-state index is 0.0792. The van der Waals surface area contributed by atoms with Crippen molar-refractivity contribution in [3.63, 3.8) is 0 Å². The zero-order chi connectivity index (χ0) is 11.2. The zero-order valence-corrected chi connectivity index (χ0v) is 10.2. The Balaban J connectivity index is 1.79. The largest absolute Gasteiger partial charge is 0.304 e. The van der Waals surface area contributed by atoms with Crippen LogP contribution in [0.15, 0.2) is 0 Å². The van der Waals surface area contributed by atoms with Crippen molar-refractivity contribution in [3.8, 4) is 6.07 Å². The van der Waals surface area contributed by atoms with Crippen LogP contribution in [-0.2, 0) is 0 Å². The minimum atomic E-state index is -0.0792. The van der Waals surface area contributed by atoms with Gasteiger partial charge in [0.15, 0.2) is 0 Å². The Morgan fingerprint density at radius 3 is 2.44 bits per heavy atom. The molecule has 0 aromatic carbocycles. The number of hydrogen-bond acceptors (Lipinski definition) is 3. The summed E-state index contributed by atoms with van der Waals surface area (Å²) in [5.74, 6) is 1.52. The van der Waals surface area contributed by atoms with Crippen LogP contribution in [0.3, 0.4) is 0 Å². The summed E-state index contributed by atoms with van der Waals surface area (Å²) in [6.07, 6.45) is 5.14. The van der Waals surface area contributed by atoms with Crippen molar-refractivity contribution in [1.82, 2.24) is 9.80 Å². The molecule has 3 unspecified atom stereocenters. The van der Waals surface area contributed by atoms with E-state index in [4.69, 9.17) is 0 Å². The van der Waals surface area contributed by atoms with Gasteiger partial charge in [-0.1, -0.05) is 0 Å². The molecular weight excluding hydrogens is 198 g/mol. The number of nitrogens with zero attached hydrogens (tertiary/aromatic N) is 3. The number of fused-ring (bicyclic) bond motifs is 2. The van der Waals surface area contributed by atoms with Gasteiger partial charge in [0.1, 0.15) is 5.54 Å². The Morgan fingerprint density at radius 1 is 1.19 bits per heavy atom. The van der Waals surface area contributed by atoms with Crippen molar-refractivity contribution < 1.29 is 0 Å². The second-order valence-corrected chi connectivity index (χ2v) is 5.91. The van der Waals surface area contributed by atoms with Crippen LogP contribution in [0.25, 0.3) is 0 Å². The molecule has 0 spiro atoms. The standard InChI is InChI=1S/C13H21N3/c1-15-4-6-16(7-5-15)13(10-14)9-11-2-3-12(13)8-11/h11-12H,2-9H2,1H3. The number of nitriles is 1. The lowest BCUT2D eigenvalue weighted by atomic mass is 9.80. The van der Waals surface area contributed by atoms with Crippen LogP contribution in [0.5, 0.6) is 0 Å². The highest BCUT2D eigenvalue weighted by molar-refractivity contribution is 5.19. The third kappa shape index (κ3) is 1.40. The molecule has 3 aliphatic rings. The summed E-state index contributed by atoms with van der Waals surface area (Å²) >= 11 is 0. The summed E-state index contributed by atoms with van der Waals surface area (Å²) in [6, 6.07) is 2.70. The van der Waals surface area contributed by atoms with Gasteiger partial charge in [0.05, 0.1) is 6.07 Å². The van der Waals surface area contributed by atoms with Crippen molar-refractivity contribution in [2.24, 2.45) is 11.8 Å². The van der Waals surface area contributed by atoms with Crippen LogP contribution in [0, 0.1) is 23.2 Å². The molecule has 3 atom stereocenters. The van der Waals surface area contributed by atoms with Crippen LogP contribution >= 0.6 is 0 Å². The SMILES string of the molecule is CN1CCN(C2(C#N)CC3CCC2C3)CC1. The molecule has 0 amide bonds. The fraction of sp³-hybridized carbons (Fsp3) is 0.923. The quantitative estimate of drug-likeness (QED) is 0.666. The van der Waals surface area contributed by atoms with Gasteiger partial charge in [0.2, 0.25) is 0 Å². The van der Waals surface area contributed by atoms with Gasteiger partial charge in [-0.2, -0.15) is 5.26 Å². The van der Waals surface area contributed by atoms with Gasteiger partial charge in [0.25, 0.3) is 0 Å². The predicted octanol–water partition coefficient (Wildman–Crippen LogP) is 1.32. The summed E-state index contributed by atoms with van der Waals surface area (Å²) in [5, 5.41) is 9.65. The zero-order valence-electron chi connectivity index (χ0n) is 10.2. The first kappa shape index (κ1) is 10.6. The van der Waals surface area contributed by atoms with E-state index in [-0.39, 0.29) is 5.54 Å². The van der Waals surface area contributed by atoms with E-state index >= 15 is 0 Å². The van der Waals surface area contributed by atoms with Gasteiger partial charge >= 0.3 is 0 Å². The maximum Gasteiger partial charge on any atom is 0.112 e. The summed E-state index contributed by atoms with van der Waals surface area (Å²) in [6.45, 7) is 4.43. The van der Waals surface area contributed by atoms with Crippen LogP contribution in [0.2, 0.25) is 0 Å². The summed E-state index contributed by atoms with van der Waals surface area (Å²) < 4.78 is 0. The van der Waals surface area contributed by atoms with Gasteiger partial charge in [-0.15, -0.1) is 0 Å². The molecule has 0 aromatic rings. The third-order valence-electron chi connectivity index (χ3n) is 5.08. The lowest BCUT2D eigenvalue weighted by molar-refractivity contribution is 0.0390. The Labute approximate surface area is 98.0 Å². The van der Waals surface area contributed by atoms with E-state index in [0.717, 1.165) is 38.5 Å². The highest BCUT2D eigenvalue weighted by Gasteiger charge is 2.54. The Kier molecular flexibility index (Phi) is 2.45. The molecule has 3 rings (SSSR count). The molecule has 3 heteroatoms. The molecule has 3 nitrogen and oxygen atoms in total. The Morgan fingerprint density at radius 2 is 1.94 bits per heavy atom. The number of piperazine rings is 1. The van der Waals surface area contributed by atoms with E-state index in [9.17, 15) is 5.26 Å². The van der Waals surface area contributed by atoms with Crippen LogP contribution < -0.4 is 0 Å². The van der Waals surface area contributed by atoms with E-state index in [1.165, 1.54) is 19.3 Å². The van der Waals surface area contributed by atoms with Gasteiger partial charge in [-0.05, 0) is 44.6 Å². The van der Waals surface area contributed by atoms with E-state index in [0.29, 0.717) is 5.92 Å². The van der Waals surface area contributed by atoms with Gasteiger partial charge in [-0.3, -0.25) is 4.90 Å². The first-order chi connectivity index (χ1) is 7.74. The predicted molar refractivity (Wildman–Crippen MR) is 62.9 cm³/mol. The number of likely N-dealkylation sites (N-methyl/N-ethyl adjacent to an activating group) is 1. The van der Waals surface area contributed by atoms with Crippen molar-refractivity contribution in [3.05, 3.63) is 0 Å². The van der Waals surface area contributed by atoms with Crippen molar-refractivity contribution in [1.29, 1.82) is 5.26 Å². The average molecular weight is 219 g/mol. The van der Waals surface area contributed by atoms with Gasteiger partial charge in [0, 0.05) is 26.2 Å². The maximum atomic E-state index is 9.65. The summed E-state index contributed by atoms with van der Waals surface area (Å²) in [5.41, 5.74) is -0.0792. The van der Waals surface area contributed by atoms with Gasteiger partial charge < -0.3 is 4.90 Å². The van der Waals surface area contributed by atoms with Crippen molar-refractivity contribution in [2.75, 3.05) is 33.2 Å². The topological polar surface area (TPSA) is 30.3 Å². The molecule has 1 heterocycles. The normalized spacial score (nSPS) is 44.8. The highest BCUT2D eigenvalue weighted by Crippen LogP contribution is 2.53. The molecular formula is C13H21N3. The molecule has 1 saturated heterocycles. The Hall–Kier alpha value is -0.590. The van der Waals surface area contributed by atoms with Crippen molar-refractivity contribution in [2.45, 2.75) is 31.2 Å². The molecule has 0 N–H and O–H groups in total. The van der Waals surface area contributed by atoms with Gasteiger partial charge in [-0.25, -0.2) is 0 Å². The highest BCUT2D eigenvalue weighted by atomic mass is 15.3. The first-order valence-electron chi connectivity index (χ1n) is 6.59. The second kappa shape index (κ2) is 3.72. The molecule has 0 aromatic heterocycles. The van der Waals surface area contributed by atoms with Crippen LogP contribution in [-0.4, -0.2) is 48.6 Å². The summed E-state index contributed by atoms with van der Waals surface area (Å²) in [4.78, 5) is 4.87. The molecule has 2 saturated carbocycles.